The number of hydrogen-bond donors (Lipinski definition) is 1. The first-order chi connectivity index (χ1) is 8.88. The minimum absolute atomic E-state index is 0.0655. The van der Waals surface area contributed by atoms with Gasteiger partial charge in [0.15, 0.2) is 0 Å². The maximum atomic E-state index is 12.4. The van der Waals surface area contributed by atoms with Crippen molar-refractivity contribution < 1.29 is 14.6 Å². The van der Waals surface area contributed by atoms with Crippen LogP contribution < -0.4 is 0 Å². The van der Waals surface area contributed by atoms with Crippen molar-refractivity contribution >= 4 is 5.91 Å². The average Bonchev–Trinajstić information content (AvgIpc) is 2.67. The van der Waals surface area contributed by atoms with Gasteiger partial charge in [-0.2, -0.15) is 0 Å². The van der Waals surface area contributed by atoms with Crippen LogP contribution in [0.15, 0.2) is 0 Å². The Morgan fingerprint density at radius 3 is 2.42 bits per heavy atom. The standard InChI is InChI=1S/C14H28N2O3/c1-10-6-7-11(2)16(10)12(3)14(18)15(4)8-13(17)9-19-5/h10-13,17H,6-9H2,1-5H3. The zero-order chi connectivity index (χ0) is 14.6. The summed E-state index contributed by atoms with van der Waals surface area (Å²) in [6, 6.07) is 0.768. The van der Waals surface area contributed by atoms with Gasteiger partial charge in [0.2, 0.25) is 5.91 Å². The third-order valence-corrected chi connectivity index (χ3v) is 4.04. The van der Waals surface area contributed by atoms with Crippen molar-refractivity contribution in [3.8, 4) is 0 Å². The Labute approximate surface area is 116 Å². The van der Waals surface area contributed by atoms with E-state index in [1.807, 2.05) is 6.92 Å². The molecular formula is C14H28N2O3. The molecule has 0 bridgehead atoms. The number of rotatable bonds is 6. The summed E-state index contributed by atoms with van der Waals surface area (Å²) in [5.41, 5.74) is 0. The Morgan fingerprint density at radius 2 is 1.95 bits per heavy atom. The molecule has 1 saturated heterocycles. The van der Waals surface area contributed by atoms with Crippen LogP contribution in [0, 0.1) is 0 Å². The minimum atomic E-state index is -0.625. The smallest absolute Gasteiger partial charge is 0.239 e. The average molecular weight is 272 g/mol. The van der Waals surface area contributed by atoms with Crippen LogP contribution in [-0.2, 0) is 9.53 Å². The van der Waals surface area contributed by atoms with Crippen LogP contribution in [0.3, 0.4) is 0 Å². The number of amides is 1. The number of ether oxygens (including phenoxy) is 1. The van der Waals surface area contributed by atoms with E-state index < -0.39 is 6.10 Å². The number of carbonyl (C=O) groups is 1. The van der Waals surface area contributed by atoms with Crippen LogP contribution in [0.1, 0.15) is 33.6 Å². The molecule has 5 nitrogen and oxygen atoms in total. The predicted octanol–water partition coefficient (Wildman–Crippen LogP) is 0.713. The zero-order valence-electron chi connectivity index (χ0n) is 12.8. The van der Waals surface area contributed by atoms with Crippen LogP contribution in [0.2, 0.25) is 0 Å². The molecule has 0 aromatic carbocycles. The molecule has 1 amide bonds. The number of aliphatic hydroxyl groups is 1. The molecule has 0 aromatic rings. The highest BCUT2D eigenvalue weighted by Gasteiger charge is 2.35. The highest BCUT2D eigenvalue weighted by Crippen LogP contribution is 2.26. The molecule has 1 N–H and O–H groups in total. The van der Waals surface area contributed by atoms with Crippen molar-refractivity contribution in [1.82, 2.24) is 9.80 Å². The van der Waals surface area contributed by atoms with Gasteiger partial charge in [-0.15, -0.1) is 0 Å². The molecule has 0 aliphatic carbocycles. The zero-order valence-corrected chi connectivity index (χ0v) is 12.8. The van der Waals surface area contributed by atoms with E-state index in [0.29, 0.717) is 18.6 Å². The molecule has 4 unspecified atom stereocenters. The van der Waals surface area contributed by atoms with Gasteiger partial charge in [-0.25, -0.2) is 0 Å². The lowest BCUT2D eigenvalue weighted by Crippen LogP contribution is -2.51. The van der Waals surface area contributed by atoms with E-state index in [4.69, 9.17) is 4.74 Å². The third-order valence-electron chi connectivity index (χ3n) is 4.04. The Kier molecular flexibility index (Phi) is 6.23. The SMILES string of the molecule is COCC(O)CN(C)C(=O)C(C)N1C(C)CCC1C. The molecule has 4 atom stereocenters. The molecule has 1 fully saturated rings. The lowest BCUT2D eigenvalue weighted by Gasteiger charge is -2.34. The maximum absolute atomic E-state index is 12.4. The summed E-state index contributed by atoms with van der Waals surface area (Å²) in [5, 5.41) is 9.69. The molecule has 112 valence electrons. The van der Waals surface area contributed by atoms with E-state index in [-0.39, 0.29) is 18.6 Å². The molecular weight excluding hydrogens is 244 g/mol. The van der Waals surface area contributed by atoms with Crippen molar-refractivity contribution in [2.45, 2.75) is 57.8 Å². The fraction of sp³-hybridized carbons (Fsp3) is 0.929. The molecule has 0 saturated carbocycles. The van der Waals surface area contributed by atoms with E-state index in [1.54, 1.807) is 19.1 Å². The summed E-state index contributed by atoms with van der Waals surface area (Å²) in [6.07, 6.45) is 1.67. The number of methoxy groups -OCH3 is 1. The second-order valence-corrected chi connectivity index (χ2v) is 5.73. The van der Waals surface area contributed by atoms with Gasteiger partial charge < -0.3 is 14.7 Å². The summed E-state index contributed by atoms with van der Waals surface area (Å²) in [4.78, 5) is 16.3. The number of hydrogen-bond acceptors (Lipinski definition) is 4. The fourth-order valence-corrected chi connectivity index (χ4v) is 3.08. The third kappa shape index (κ3) is 4.16. The number of carbonyl (C=O) groups excluding carboxylic acids is 1. The summed E-state index contributed by atoms with van der Waals surface area (Å²) < 4.78 is 4.88. The molecule has 1 heterocycles. The Balaban J connectivity index is 2.56. The van der Waals surface area contributed by atoms with Crippen molar-refractivity contribution in [2.24, 2.45) is 0 Å². The van der Waals surface area contributed by atoms with Gasteiger partial charge in [0.25, 0.3) is 0 Å². The van der Waals surface area contributed by atoms with E-state index >= 15 is 0 Å². The van der Waals surface area contributed by atoms with Crippen LogP contribution in [0.4, 0.5) is 0 Å². The molecule has 0 spiro atoms. The van der Waals surface area contributed by atoms with Gasteiger partial charge in [0.05, 0.1) is 18.8 Å². The lowest BCUT2D eigenvalue weighted by atomic mass is 10.2. The molecule has 0 radical (unpaired) electrons. The van der Waals surface area contributed by atoms with Crippen molar-refractivity contribution in [2.75, 3.05) is 27.3 Å². The molecule has 1 aliphatic rings. The van der Waals surface area contributed by atoms with Crippen molar-refractivity contribution in [1.29, 1.82) is 0 Å². The predicted molar refractivity (Wildman–Crippen MR) is 75.0 cm³/mol. The van der Waals surface area contributed by atoms with E-state index in [1.165, 1.54) is 0 Å². The number of aliphatic hydroxyl groups excluding tert-OH is 1. The van der Waals surface area contributed by atoms with Gasteiger partial charge in [-0.1, -0.05) is 0 Å². The Hall–Kier alpha value is -0.650. The fourth-order valence-electron chi connectivity index (χ4n) is 3.08. The van der Waals surface area contributed by atoms with Gasteiger partial charge in [0, 0.05) is 32.8 Å². The summed E-state index contributed by atoms with van der Waals surface area (Å²) >= 11 is 0. The quantitative estimate of drug-likeness (QED) is 0.774. The number of nitrogens with zero attached hydrogens (tertiary/aromatic N) is 2. The normalized spacial score (nSPS) is 27.3. The molecule has 19 heavy (non-hydrogen) atoms. The van der Waals surface area contributed by atoms with Crippen LogP contribution in [0.25, 0.3) is 0 Å². The Morgan fingerprint density at radius 1 is 1.42 bits per heavy atom. The lowest BCUT2D eigenvalue weighted by molar-refractivity contribution is -0.137. The second kappa shape index (κ2) is 7.22. The van der Waals surface area contributed by atoms with Crippen LogP contribution >= 0.6 is 0 Å². The first kappa shape index (κ1) is 16.4. The van der Waals surface area contributed by atoms with E-state index in [2.05, 4.69) is 18.7 Å². The number of likely N-dealkylation sites (N-methyl/N-ethyl adjacent to an activating group) is 1. The van der Waals surface area contributed by atoms with Crippen LogP contribution in [-0.4, -0.2) is 72.4 Å². The first-order valence-corrected chi connectivity index (χ1v) is 7.07. The molecule has 1 aliphatic heterocycles. The number of likely N-dealkylation sites (tertiary alicyclic amines) is 1. The van der Waals surface area contributed by atoms with Gasteiger partial charge >= 0.3 is 0 Å². The molecule has 0 aromatic heterocycles. The van der Waals surface area contributed by atoms with Crippen molar-refractivity contribution in [3.05, 3.63) is 0 Å². The summed E-state index contributed by atoms with van der Waals surface area (Å²) in [7, 11) is 3.28. The summed E-state index contributed by atoms with van der Waals surface area (Å²) in [5.74, 6) is 0.0655. The highest BCUT2D eigenvalue weighted by atomic mass is 16.5. The Bertz CT molecular complexity index is 288. The van der Waals surface area contributed by atoms with Crippen LogP contribution in [0.5, 0.6) is 0 Å². The topological polar surface area (TPSA) is 53.0 Å². The second-order valence-electron chi connectivity index (χ2n) is 5.73. The summed E-state index contributed by atoms with van der Waals surface area (Å²) in [6.45, 7) is 6.87. The monoisotopic (exact) mass is 272 g/mol. The van der Waals surface area contributed by atoms with Crippen molar-refractivity contribution in [3.63, 3.8) is 0 Å². The van der Waals surface area contributed by atoms with Gasteiger partial charge in [-0.05, 0) is 33.6 Å². The van der Waals surface area contributed by atoms with Gasteiger partial charge in [-0.3, -0.25) is 9.69 Å². The molecule has 5 heteroatoms. The molecule has 1 rings (SSSR count). The minimum Gasteiger partial charge on any atom is -0.389 e. The first-order valence-electron chi connectivity index (χ1n) is 7.07. The maximum Gasteiger partial charge on any atom is 0.239 e. The van der Waals surface area contributed by atoms with Gasteiger partial charge in [0.1, 0.15) is 0 Å². The highest BCUT2D eigenvalue weighted by molar-refractivity contribution is 5.81. The van der Waals surface area contributed by atoms with E-state index in [9.17, 15) is 9.90 Å². The van der Waals surface area contributed by atoms with E-state index in [0.717, 1.165) is 12.8 Å². The largest absolute Gasteiger partial charge is 0.389 e.